The maximum atomic E-state index is 10.7. The second-order valence-electron chi connectivity index (χ2n) is 7.03. The SMILES string of the molecule is OC1(CN2CCN(c3nc(-c4ccccc4)ns3)CC2)CCCNC1. The highest BCUT2D eigenvalue weighted by Gasteiger charge is 2.32. The number of β-amino-alcohol motifs (C(OH)–C–C–N with tert-alkyl or cyclic N) is 1. The summed E-state index contributed by atoms with van der Waals surface area (Å²) in [6.45, 7) is 6.30. The van der Waals surface area contributed by atoms with Crippen molar-refractivity contribution in [1.29, 1.82) is 0 Å². The first-order valence-corrected chi connectivity index (χ1v) is 9.79. The fraction of sp³-hybridized carbons (Fsp3) is 0.556. The number of piperidine rings is 1. The van der Waals surface area contributed by atoms with Gasteiger partial charge in [-0.2, -0.15) is 9.36 Å². The lowest BCUT2D eigenvalue weighted by Gasteiger charge is -2.41. The molecule has 25 heavy (non-hydrogen) atoms. The van der Waals surface area contributed by atoms with Gasteiger partial charge in [0.1, 0.15) is 0 Å². The minimum Gasteiger partial charge on any atom is -0.387 e. The third-order valence-corrected chi connectivity index (χ3v) is 5.83. The summed E-state index contributed by atoms with van der Waals surface area (Å²) in [5, 5.41) is 15.0. The van der Waals surface area contributed by atoms with Crippen LogP contribution in [0, 0.1) is 0 Å². The molecule has 0 aliphatic carbocycles. The highest BCUT2D eigenvalue weighted by molar-refractivity contribution is 7.09. The van der Waals surface area contributed by atoms with Gasteiger partial charge >= 0.3 is 0 Å². The van der Waals surface area contributed by atoms with Gasteiger partial charge in [-0.25, -0.2) is 0 Å². The topological polar surface area (TPSA) is 64.5 Å². The zero-order valence-corrected chi connectivity index (χ0v) is 15.2. The summed E-state index contributed by atoms with van der Waals surface area (Å²) in [5.74, 6) is 0.811. The number of aliphatic hydroxyl groups is 1. The molecule has 1 aromatic heterocycles. The molecule has 4 rings (SSSR count). The molecule has 2 aromatic rings. The van der Waals surface area contributed by atoms with E-state index in [2.05, 4.69) is 19.5 Å². The molecular formula is C18H25N5OS. The van der Waals surface area contributed by atoms with Crippen molar-refractivity contribution < 1.29 is 5.11 Å². The zero-order chi connectivity index (χ0) is 17.1. The van der Waals surface area contributed by atoms with Crippen molar-refractivity contribution in [3.8, 4) is 11.4 Å². The molecule has 2 saturated heterocycles. The summed E-state index contributed by atoms with van der Waals surface area (Å²) in [6, 6.07) is 10.1. The maximum absolute atomic E-state index is 10.7. The number of aromatic nitrogens is 2. The lowest BCUT2D eigenvalue weighted by atomic mass is 9.93. The molecule has 2 fully saturated rings. The van der Waals surface area contributed by atoms with Crippen LogP contribution in [0.25, 0.3) is 11.4 Å². The number of rotatable bonds is 4. The molecule has 1 atom stereocenters. The molecule has 1 aromatic carbocycles. The summed E-state index contributed by atoms with van der Waals surface area (Å²) in [5.41, 5.74) is 0.500. The van der Waals surface area contributed by atoms with E-state index in [1.807, 2.05) is 30.3 Å². The van der Waals surface area contributed by atoms with Crippen molar-refractivity contribution in [3.63, 3.8) is 0 Å². The average molecular weight is 359 g/mol. The first kappa shape index (κ1) is 16.9. The van der Waals surface area contributed by atoms with Crippen LogP contribution in [-0.2, 0) is 0 Å². The maximum Gasteiger partial charge on any atom is 0.205 e. The van der Waals surface area contributed by atoms with Crippen LogP contribution in [0.3, 0.4) is 0 Å². The Hall–Kier alpha value is -1.54. The number of hydrogen-bond acceptors (Lipinski definition) is 7. The second kappa shape index (κ2) is 7.37. The molecule has 0 amide bonds. The van der Waals surface area contributed by atoms with Crippen LogP contribution >= 0.6 is 11.5 Å². The summed E-state index contributed by atoms with van der Waals surface area (Å²) < 4.78 is 4.51. The van der Waals surface area contributed by atoms with E-state index in [9.17, 15) is 5.11 Å². The molecule has 3 heterocycles. The molecule has 134 valence electrons. The summed E-state index contributed by atoms with van der Waals surface area (Å²) >= 11 is 1.47. The molecule has 0 spiro atoms. The fourth-order valence-electron chi connectivity index (χ4n) is 3.65. The average Bonchev–Trinajstić information content (AvgIpc) is 3.13. The van der Waals surface area contributed by atoms with Crippen molar-refractivity contribution in [1.82, 2.24) is 19.6 Å². The van der Waals surface area contributed by atoms with E-state index in [0.717, 1.165) is 68.6 Å². The molecule has 0 radical (unpaired) electrons. The molecule has 2 N–H and O–H groups in total. The number of nitrogens with one attached hydrogen (secondary N) is 1. The molecular weight excluding hydrogens is 334 g/mol. The predicted octanol–water partition coefficient (Wildman–Crippen LogP) is 1.44. The highest BCUT2D eigenvalue weighted by atomic mass is 32.1. The van der Waals surface area contributed by atoms with Crippen molar-refractivity contribution in [2.45, 2.75) is 18.4 Å². The first-order valence-electron chi connectivity index (χ1n) is 9.01. The molecule has 2 aliphatic heterocycles. The van der Waals surface area contributed by atoms with Gasteiger partial charge in [0.2, 0.25) is 5.13 Å². The normalized spacial score (nSPS) is 25.2. The minimum absolute atomic E-state index is 0.566. The summed E-state index contributed by atoms with van der Waals surface area (Å²) in [6.07, 6.45) is 1.96. The van der Waals surface area contributed by atoms with Gasteiger partial charge in [-0.15, -0.1) is 0 Å². The van der Waals surface area contributed by atoms with Crippen molar-refractivity contribution >= 4 is 16.7 Å². The van der Waals surface area contributed by atoms with Crippen molar-refractivity contribution in [2.75, 3.05) is 50.7 Å². The standard InChI is InChI=1S/C18H25N5OS/c24-18(7-4-8-19-13-18)14-22-9-11-23(12-10-22)17-20-16(21-25-17)15-5-2-1-3-6-15/h1-3,5-6,19,24H,4,7-14H2. The predicted molar refractivity (Wildman–Crippen MR) is 101 cm³/mol. The Labute approximate surface area is 152 Å². The van der Waals surface area contributed by atoms with E-state index in [0.29, 0.717) is 6.54 Å². The van der Waals surface area contributed by atoms with E-state index in [1.54, 1.807) is 0 Å². The highest BCUT2D eigenvalue weighted by Crippen LogP contribution is 2.25. The quantitative estimate of drug-likeness (QED) is 0.861. The van der Waals surface area contributed by atoms with E-state index in [4.69, 9.17) is 4.98 Å². The number of anilines is 1. The van der Waals surface area contributed by atoms with E-state index < -0.39 is 5.60 Å². The molecule has 1 unspecified atom stereocenters. The van der Waals surface area contributed by atoms with Crippen LogP contribution in [0.4, 0.5) is 5.13 Å². The van der Waals surface area contributed by atoms with Gasteiger partial charge in [-0.1, -0.05) is 30.3 Å². The smallest absolute Gasteiger partial charge is 0.205 e. The van der Waals surface area contributed by atoms with Gasteiger partial charge in [0.25, 0.3) is 0 Å². The monoisotopic (exact) mass is 359 g/mol. The van der Waals surface area contributed by atoms with Gasteiger partial charge < -0.3 is 15.3 Å². The number of piperazine rings is 1. The van der Waals surface area contributed by atoms with E-state index >= 15 is 0 Å². The lowest BCUT2D eigenvalue weighted by molar-refractivity contribution is -0.0164. The largest absolute Gasteiger partial charge is 0.387 e. The van der Waals surface area contributed by atoms with Crippen LogP contribution in [0.2, 0.25) is 0 Å². The summed E-state index contributed by atoms with van der Waals surface area (Å²) in [4.78, 5) is 9.40. The fourth-order valence-corrected chi connectivity index (χ4v) is 4.39. The van der Waals surface area contributed by atoms with Crippen molar-refractivity contribution in [3.05, 3.63) is 30.3 Å². The van der Waals surface area contributed by atoms with Crippen LogP contribution in [0.5, 0.6) is 0 Å². The van der Waals surface area contributed by atoms with E-state index in [-0.39, 0.29) is 0 Å². The van der Waals surface area contributed by atoms with E-state index in [1.165, 1.54) is 11.5 Å². The lowest BCUT2D eigenvalue weighted by Crippen LogP contribution is -2.56. The minimum atomic E-state index is -0.566. The van der Waals surface area contributed by atoms with Gasteiger partial charge in [0, 0.05) is 56.4 Å². The number of benzene rings is 1. The third-order valence-electron chi connectivity index (χ3n) is 5.06. The molecule has 0 bridgehead atoms. The van der Waals surface area contributed by atoms with Gasteiger partial charge in [0.05, 0.1) is 5.60 Å². The zero-order valence-electron chi connectivity index (χ0n) is 14.4. The molecule has 0 saturated carbocycles. The first-order chi connectivity index (χ1) is 12.2. The van der Waals surface area contributed by atoms with Gasteiger partial charge in [0.15, 0.2) is 5.82 Å². The molecule has 2 aliphatic rings. The Kier molecular flexibility index (Phi) is 4.98. The van der Waals surface area contributed by atoms with Gasteiger partial charge in [-0.05, 0) is 19.4 Å². The van der Waals surface area contributed by atoms with Crippen LogP contribution < -0.4 is 10.2 Å². The Bertz CT molecular complexity index is 678. The van der Waals surface area contributed by atoms with Crippen LogP contribution in [0.1, 0.15) is 12.8 Å². The summed E-state index contributed by atoms with van der Waals surface area (Å²) in [7, 11) is 0. The number of hydrogen-bond donors (Lipinski definition) is 2. The number of nitrogens with zero attached hydrogens (tertiary/aromatic N) is 4. The Morgan fingerprint density at radius 3 is 2.68 bits per heavy atom. The Morgan fingerprint density at radius 1 is 1.16 bits per heavy atom. The third kappa shape index (κ3) is 4.00. The van der Waals surface area contributed by atoms with Crippen LogP contribution in [0.15, 0.2) is 30.3 Å². The van der Waals surface area contributed by atoms with Crippen LogP contribution in [-0.4, -0.2) is 70.8 Å². The second-order valence-corrected chi connectivity index (χ2v) is 7.76. The Morgan fingerprint density at radius 2 is 1.96 bits per heavy atom. The van der Waals surface area contributed by atoms with Gasteiger partial charge in [-0.3, -0.25) is 4.90 Å². The molecule has 6 nitrogen and oxygen atoms in total. The molecule has 7 heteroatoms. The Balaban J connectivity index is 1.34. The van der Waals surface area contributed by atoms with Crippen molar-refractivity contribution in [2.24, 2.45) is 0 Å².